The Hall–Kier alpha value is -1.66. The summed E-state index contributed by atoms with van der Waals surface area (Å²) in [6.45, 7) is 6.41. The van der Waals surface area contributed by atoms with Crippen molar-refractivity contribution in [1.82, 2.24) is 14.5 Å². The van der Waals surface area contributed by atoms with E-state index in [0.717, 1.165) is 25.2 Å². The molecule has 142 valence electrons. The standard InChI is InChI=1S/C20H29N3O2S/c1-3-26(24,25)20-21-15-19(16-22-13-8-7-9-17(22)2)23(20)14-12-18-10-5-4-6-11-18/h4-6,10-11,15,17H,3,7-9,12-14,16H2,1-2H3/t17-/m0/s1. The molecule has 2 heterocycles. The summed E-state index contributed by atoms with van der Waals surface area (Å²) < 4.78 is 26.9. The number of imidazole rings is 1. The largest absolute Gasteiger partial charge is 0.317 e. The lowest BCUT2D eigenvalue weighted by molar-refractivity contribution is 0.148. The maximum atomic E-state index is 12.5. The van der Waals surface area contributed by atoms with Crippen LogP contribution in [0.4, 0.5) is 0 Å². The van der Waals surface area contributed by atoms with Crippen LogP contribution in [0, 0.1) is 0 Å². The Morgan fingerprint density at radius 2 is 1.96 bits per heavy atom. The van der Waals surface area contributed by atoms with Gasteiger partial charge in [0.1, 0.15) is 0 Å². The lowest BCUT2D eigenvalue weighted by Crippen LogP contribution is -2.37. The number of benzene rings is 1. The summed E-state index contributed by atoms with van der Waals surface area (Å²) >= 11 is 0. The van der Waals surface area contributed by atoms with E-state index in [1.165, 1.54) is 24.8 Å². The van der Waals surface area contributed by atoms with Crippen LogP contribution in [0.15, 0.2) is 41.7 Å². The van der Waals surface area contributed by atoms with Gasteiger partial charge in [-0.05, 0) is 38.3 Å². The van der Waals surface area contributed by atoms with Crippen molar-refractivity contribution in [2.24, 2.45) is 0 Å². The second-order valence-corrected chi connectivity index (χ2v) is 9.31. The Labute approximate surface area is 157 Å². The van der Waals surface area contributed by atoms with E-state index >= 15 is 0 Å². The van der Waals surface area contributed by atoms with Crippen molar-refractivity contribution in [3.8, 4) is 0 Å². The van der Waals surface area contributed by atoms with Gasteiger partial charge in [-0.2, -0.15) is 0 Å². The van der Waals surface area contributed by atoms with E-state index < -0.39 is 9.84 Å². The Morgan fingerprint density at radius 1 is 1.19 bits per heavy atom. The predicted octanol–water partition coefficient (Wildman–Crippen LogP) is 3.29. The van der Waals surface area contributed by atoms with Gasteiger partial charge in [-0.25, -0.2) is 13.4 Å². The average Bonchev–Trinajstić information content (AvgIpc) is 3.06. The zero-order valence-corrected chi connectivity index (χ0v) is 16.6. The van der Waals surface area contributed by atoms with Gasteiger partial charge >= 0.3 is 0 Å². The molecule has 0 bridgehead atoms. The molecule has 5 nitrogen and oxygen atoms in total. The molecule has 1 aromatic heterocycles. The van der Waals surface area contributed by atoms with E-state index in [1.807, 2.05) is 22.8 Å². The van der Waals surface area contributed by atoms with Crippen LogP contribution in [-0.2, 0) is 29.3 Å². The molecule has 1 atom stereocenters. The van der Waals surface area contributed by atoms with Crippen molar-refractivity contribution in [2.45, 2.75) is 63.8 Å². The van der Waals surface area contributed by atoms with Crippen LogP contribution in [0.1, 0.15) is 44.4 Å². The van der Waals surface area contributed by atoms with Gasteiger partial charge in [0.2, 0.25) is 15.0 Å². The highest BCUT2D eigenvalue weighted by molar-refractivity contribution is 7.91. The van der Waals surface area contributed by atoms with E-state index in [-0.39, 0.29) is 10.9 Å². The number of nitrogens with zero attached hydrogens (tertiary/aromatic N) is 3. The van der Waals surface area contributed by atoms with Crippen LogP contribution in [0.25, 0.3) is 0 Å². The van der Waals surface area contributed by atoms with Gasteiger partial charge in [-0.15, -0.1) is 0 Å². The molecule has 1 aliphatic heterocycles. The summed E-state index contributed by atoms with van der Waals surface area (Å²) in [6, 6.07) is 10.7. The average molecular weight is 376 g/mol. The van der Waals surface area contributed by atoms with E-state index in [0.29, 0.717) is 12.6 Å². The summed E-state index contributed by atoms with van der Waals surface area (Å²) in [4.78, 5) is 6.76. The van der Waals surface area contributed by atoms with Crippen LogP contribution >= 0.6 is 0 Å². The number of aryl methyl sites for hydroxylation is 1. The molecule has 0 saturated carbocycles. The number of piperidine rings is 1. The highest BCUT2D eigenvalue weighted by atomic mass is 32.2. The van der Waals surface area contributed by atoms with Gasteiger partial charge in [0, 0.05) is 19.1 Å². The monoisotopic (exact) mass is 375 g/mol. The summed E-state index contributed by atoms with van der Waals surface area (Å²) in [6.07, 6.45) is 6.25. The van der Waals surface area contributed by atoms with E-state index in [2.05, 4.69) is 28.9 Å². The minimum Gasteiger partial charge on any atom is -0.317 e. The van der Waals surface area contributed by atoms with Crippen molar-refractivity contribution >= 4 is 9.84 Å². The molecular formula is C20H29N3O2S. The van der Waals surface area contributed by atoms with Crippen molar-refractivity contribution < 1.29 is 8.42 Å². The number of hydrogen-bond acceptors (Lipinski definition) is 4. The normalized spacial score (nSPS) is 18.9. The third-order valence-electron chi connectivity index (χ3n) is 5.33. The number of hydrogen-bond donors (Lipinski definition) is 0. The number of sulfone groups is 1. The first-order chi connectivity index (χ1) is 12.5. The molecule has 0 amide bonds. The first kappa shape index (κ1) is 19.1. The van der Waals surface area contributed by atoms with Gasteiger partial charge in [0.05, 0.1) is 17.6 Å². The van der Waals surface area contributed by atoms with Crippen LogP contribution in [0.2, 0.25) is 0 Å². The Morgan fingerprint density at radius 3 is 2.65 bits per heavy atom. The molecule has 1 aliphatic rings. The Kier molecular flexibility index (Phi) is 6.14. The molecular weight excluding hydrogens is 346 g/mol. The van der Waals surface area contributed by atoms with Crippen molar-refractivity contribution in [2.75, 3.05) is 12.3 Å². The lowest BCUT2D eigenvalue weighted by atomic mass is 10.0. The minimum absolute atomic E-state index is 0.0783. The van der Waals surface area contributed by atoms with E-state index in [9.17, 15) is 8.42 Å². The molecule has 0 N–H and O–H groups in total. The number of aromatic nitrogens is 2. The molecule has 1 saturated heterocycles. The molecule has 3 rings (SSSR count). The van der Waals surface area contributed by atoms with Crippen molar-refractivity contribution in [1.29, 1.82) is 0 Å². The molecule has 26 heavy (non-hydrogen) atoms. The van der Waals surface area contributed by atoms with Crippen LogP contribution in [-0.4, -0.2) is 41.2 Å². The van der Waals surface area contributed by atoms with Crippen LogP contribution < -0.4 is 0 Å². The Bertz CT molecular complexity index is 815. The van der Waals surface area contributed by atoms with E-state index in [1.54, 1.807) is 13.1 Å². The first-order valence-corrected chi connectivity index (χ1v) is 11.2. The van der Waals surface area contributed by atoms with Crippen LogP contribution in [0.5, 0.6) is 0 Å². The maximum absolute atomic E-state index is 12.5. The molecule has 1 aromatic carbocycles. The smallest absolute Gasteiger partial charge is 0.227 e. The lowest BCUT2D eigenvalue weighted by Gasteiger charge is -2.33. The topological polar surface area (TPSA) is 55.2 Å². The fourth-order valence-electron chi connectivity index (χ4n) is 3.62. The second-order valence-electron chi connectivity index (χ2n) is 7.14. The molecule has 2 aromatic rings. The fourth-order valence-corrected chi connectivity index (χ4v) is 4.64. The van der Waals surface area contributed by atoms with Gasteiger partial charge in [0.25, 0.3) is 0 Å². The summed E-state index contributed by atoms with van der Waals surface area (Å²) in [5, 5.41) is 0.218. The Balaban J connectivity index is 1.86. The molecule has 0 radical (unpaired) electrons. The maximum Gasteiger partial charge on any atom is 0.227 e. The molecule has 1 fully saturated rings. The zero-order valence-electron chi connectivity index (χ0n) is 15.8. The summed E-state index contributed by atoms with van der Waals surface area (Å²) in [7, 11) is -3.33. The van der Waals surface area contributed by atoms with Gasteiger partial charge < -0.3 is 4.57 Å². The SMILES string of the molecule is CCS(=O)(=O)c1ncc(CN2CCCC[C@@H]2C)n1CCc1ccccc1. The number of likely N-dealkylation sites (tertiary alicyclic amines) is 1. The van der Waals surface area contributed by atoms with Crippen LogP contribution in [0.3, 0.4) is 0 Å². The second kappa shape index (κ2) is 8.35. The number of rotatable bonds is 7. The van der Waals surface area contributed by atoms with Gasteiger partial charge in [-0.3, -0.25) is 4.90 Å². The zero-order chi connectivity index (χ0) is 18.6. The van der Waals surface area contributed by atoms with E-state index in [4.69, 9.17) is 0 Å². The van der Waals surface area contributed by atoms with Gasteiger partial charge in [-0.1, -0.05) is 43.7 Å². The fraction of sp³-hybridized carbons (Fsp3) is 0.550. The highest BCUT2D eigenvalue weighted by Gasteiger charge is 2.24. The summed E-state index contributed by atoms with van der Waals surface area (Å²) in [5.74, 6) is 0.0783. The molecule has 0 aliphatic carbocycles. The predicted molar refractivity (Wildman–Crippen MR) is 104 cm³/mol. The van der Waals surface area contributed by atoms with Gasteiger partial charge in [0.15, 0.2) is 0 Å². The third kappa shape index (κ3) is 4.35. The summed E-state index contributed by atoms with van der Waals surface area (Å²) in [5.41, 5.74) is 2.21. The quantitative estimate of drug-likeness (QED) is 0.745. The molecule has 0 unspecified atom stereocenters. The molecule has 6 heteroatoms. The van der Waals surface area contributed by atoms with Crippen molar-refractivity contribution in [3.63, 3.8) is 0 Å². The van der Waals surface area contributed by atoms with Crippen molar-refractivity contribution in [3.05, 3.63) is 47.8 Å². The minimum atomic E-state index is -3.33. The highest BCUT2D eigenvalue weighted by Crippen LogP contribution is 2.21. The first-order valence-electron chi connectivity index (χ1n) is 9.56. The third-order valence-corrected chi connectivity index (χ3v) is 6.97. The molecule has 0 spiro atoms.